The van der Waals surface area contributed by atoms with E-state index >= 15 is 0 Å². The van der Waals surface area contributed by atoms with E-state index in [1.54, 1.807) is 20.8 Å². The minimum atomic E-state index is -0.750. The van der Waals surface area contributed by atoms with E-state index in [1.807, 2.05) is 0 Å². The molecule has 0 aromatic carbocycles. The molecule has 0 aliphatic carbocycles. The predicted octanol–water partition coefficient (Wildman–Crippen LogP) is -1.04. The Morgan fingerprint density at radius 2 is 1.47 bits per heavy atom. The van der Waals surface area contributed by atoms with E-state index in [4.69, 9.17) is 5.73 Å². The van der Waals surface area contributed by atoms with Crippen LogP contribution in [-0.2, 0) is 0 Å². The van der Waals surface area contributed by atoms with Gasteiger partial charge in [-0.1, -0.05) is 32.4 Å². The van der Waals surface area contributed by atoms with Crippen LogP contribution in [0.25, 0.3) is 0 Å². The summed E-state index contributed by atoms with van der Waals surface area (Å²) < 4.78 is 0. The fourth-order valence-electron chi connectivity index (χ4n) is 2.51. The van der Waals surface area contributed by atoms with Crippen LogP contribution in [0.1, 0.15) is 61.3 Å². The Bertz CT molecular complexity index is 267. The van der Waals surface area contributed by atoms with Gasteiger partial charge in [-0.2, -0.15) is 0 Å². The van der Waals surface area contributed by atoms with Crippen LogP contribution in [-0.4, -0.2) is 23.2 Å². The Morgan fingerprint density at radius 1 is 1.16 bits per heavy atom. The zero-order chi connectivity index (χ0) is 14.6. The van der Waals surface area contributed by atoms with Crippen LogP contribution in [0, 0.1) is 0 Å². The Kier molecular flexibility index (Phi) is 10.2. The first-order valence-electron chi connectivity index (χ1n) is 6.72. The molecule has 1 aliphatic rings. The zero-order valence-corrected chi connectivity index (χ0v) is 17.3. The maximum atomic E-state index is 10.1. The quantitative estimate of drug-likeness (QED) is 0.480. The molecule has 3 N–H and O–H groups in total. The van der Waals surface area contributed by atoms with Gasteiger partial charge in [0.25, 0.3) is 0 Å². The van der Waals surface area contributed by atoms with E-state index in [2.05, 4.69) is 39.1 Å². The molecule has 0 spiro atoms. The molecule has 0 saturated carbocycles. The number of nitrogens with one attached hydrogen (secondary N) is 1. The molecular formula is C15H31KN2O. The molecule has 0 atom stereocenters. The standard InChI is InChI=1S/C11H22N2.C4H9O.K/c1-10(2)7-9(5-6-12)8-11(3,4)13-10;1-4(2,3)5;/h5,13H,6-8,12H2,1-4H3;1-3H3;/q;-1;+1. The van der Waals surface area contributed by atoms with Crippen molar-refractivity contribution < 1.29 is 56.5 Å². The fraction of sp³-hybridized carbons (Fsp3) is 0.867. The number of hydrogen-bond acceptors (Lipinski definition) is 3. The smallest absolute Gasteiger partial charge is 0.850 e. The van der Waals surface area contributed by atoms with Crippen LogP contribution >= 0.6 is 0 Å². The molecule has 108 valence electrons. The Labute approximate surface area is 162 Å². The molecule has 0 unspecified atom stereocenters. The van der Waals surface area contributed by atoms with Crippen molar-refractivity contribution in [1.29, 1.82) is 0 Å². The van der Waals surface area contributed by atoms with Crippen molar-refractivity contribution in [2.75, 3.05) is 6.54 Å². The van der Waals surface area contributed by atoms with Gasteiger partial charge in [0.2, 0.25) is 0 Å². The average molecular weight is 295 g/mol. The summed E-state index contributed by atoms with van der Waals surface area (Å²) in [6.07, 6.45) is 4.41. The van der Waals surface area contributed by atoms with E-state index in [1.165, 1.54) is 5.57 Å². The maximum Gasteiger partial charge on any atom is 1.00 e. The van der Waals surface area contributed by atoms with Crippen molar-refractivity contribution in [3.8, 4) is 0 Å². The average Bonchev–Trinajstić information content (AvgIpc) is 1.93. The van der Waals surface area contributed by atoms with Gasteiger partial charge in [0.05, 0.1) is 0 Å². The second kappa shape index (κ2) is 8.64. The Hall–Kier alpha value is 1.26. The second-order valence-corrected chi connectivity index (χ2v) is 7.46. The van der Waals surface area contributed by atoms with Gasteiger partial charge >= 0.3 is 51.4 Å². The molecule has 4 heteroatoms. The zero-order valence-electron chi connectivity index (χ0n) is 14.2. The SMILES string of the molecule is CC(C)(C)[O-].CC1(C)CC(=CCN)CC(C)(C)N1.[K+]. The van der Waals surface area contributed by atoms with Crippen molar-refractivity contribution >= 4 is 0 Å². The van der Waals surface area contributed by atoms with Crippen LogP contribution in [0.15, 0.2) is 11.6 Å². The van der Waals surface area contributed by atoms with Crippen LogP contribution in [0.3, 0.4) is 0 Å². The number of nitrogens with two attached hydrogens (primary N) is 1. The molecule has 0 aromatic rings. The summed E-state index contributed by atoms with van der Waals surface area (Å²) in [6, 6.07) is 0. The number of piperidine rings is 1. The third kappa shape index (κ3) is 14.0. The molecule has 0 aromatic heterocycles. The first-order chi connectivity index (χ1) is 7.85. The van der Waals surface area contributed by atoms with Crippen LogP contribution < -0.4 is 67.5 Å². The molecule has 1 heterocycles. The normalized spacial score (nSPS) is 20.8. The van der Waals surface area contributed by atoms with E-state index in [-0.39, 0.29) is 62.5 Å². The van der Waals surface area contributed by atoms with Gasteiger partial charge in [0.15, 0.2) is 0 Å². The van der Waals surface area contributed by atoms with E-state index in [0.29, 0.717) is 6.54 Å². The number of rotatable bonds is 1. The number of hydrogen-bond donors (Lipinski definition) is 2. The third-order valence-corrected chi connectivity index (χ3v) is 2.42. The van der Waals surface area contributed by atoms with Crippen LogP contribution in [0.2, 0.25) is 0 Å². The van der Waals surface area contributed by atoms with Crippen molar-refractivity contribution in [1.82, 2.24) is 5.32 Å². The van der Waals surface area contributed by atoms with Gasteiger partial charge in [-0.25, -0.2) is 0 Å². The van der Waals surface area contributed by atoms with Crippen molar-refractivity contribution in [2.24, 2.45) is 5.73 Å². The maximum absolute atomic E-state index is 10.1. The van der Waals surface area contributed by atoms with Gasteiger partial charge in [0.1, 0.15) is 0 Å². The largest absolute Gasteiger partial charge is 1.00 e. The second-order valence-electron chi connectivity index (χ2n) is 7.46. The van der Waals surface area contributed by atoms with Gasteiger partial charge in [0, 0.05) is 17.6 Å². The molecular weight excluding hydrogens is 263 g/mol. The van der Waals surface area contributed by atoms with Gasteiger partial charge in [-0.15, -0.1) is 5.60 Å². The molecule has 0 bridgehead atoms. The Morgan fingerprint density at radius 3 is 1.74 bits per heavy atom. The molecule has 0 radical (unpaired) electrons. The van der Waals surface area contributed by atoms with E-state index < -0.39 is 5.60 Å². The first-order valence-corrected chi connectivity index (χ1v) is 6.72. The molecule has 19 heavy (non-hydrogen) atoms. The fourth-order valence-corrected chi connectivity index (χ4v) is 2.51. The monoisotopic (exact) mass is 294 g/mol. The van der Waals surface area contributed by atoms with Gasteiger partial charge in [-0.3, -0.25) is 0 Å². The third-order valence-electron chi connectivity index (χ3n) is 2.42. The first kappa shape index (κ1) is 22.5. The minimum absolute atomic E-state index is 0. The molecule has 3 nitrogen and oxygen atoms in total. The molecule has 1 saturated heterocycles. The van der Waals surface area contributed by atoms with E-state index in [9.17, 15) is 5.11 Å². The van der Waals surface area contributed by atoms with Crippen molar-refractivity contribution in [3.05, 3.63) is 11.6 Å². The minimum Gasteiger partial charge on any atom is -0.850 e. The van der Waals surface area contributed by atoms with Gasteiger partial charge in [-0.05, 0) is 40.5 Å². The summed E-state index contributed by atoms with van der Waals surface area (Å²) in [5, 5.41) is 13.7. The summed E-state index contributed by atoms with van der Waals surface area (Å²) in [5.41, 5.74) is 6.71. The van der Waals surface area contributed by atoms with Crippen molar-refractivity contribution in [3.63, 3.8) is 0 Å². The Balaban J connectivity index is 0. The van der Waals surface area contributed by atoms with Crippen molar-refractivity contribution in [2.45, 2.75) is 78.0 Å². The van der Waals surface area contributed by atoms with Gasteiger partial charge < -0.3 is 16.2 Å². The summed E-state index contributed by atoms with van der Waals surface area (Å²) in [5.74, 6) is 0. The summed E-state index contributed by atoms with van der Waals surface area (Å²) in [6.45, 7) is 14.6. The molecule has 1 aliphatic heterocycles. The molecule has 0 amide bonds. The summed E-state index contributed by atoms with van der Waals surface area (Å²) in [4.78, 5) is 0. The summed E-state index contributed by atoms with van der Waals surface area (Å²) in [7, 11) is 0. The molecule has 1 rings (SSSR count). The predicted molar refractivity (Wildman–Crippen MR) is 77.4 cm³/mol. The molecule has 1 fully saturated rings. The topological polar surface area (TPSA) is 61.1 Å². The van der Waals surface area contributed by atoms with Crippen LogP contribution in [0.4, 0.5) is 0 Å². The summed E-state index contributed by atoms with van der Waals surface area (Å²) >= 11 is 0. The van der Waals surface area contributed by atoms with E-state index in [0.717, 1.165) is 12.8 Å². The van der Waals surface area contributed by atoms with Crippen LogP contribution in [0.5, 0.6) is 0 Å².